The van der Waals surface area contributed by atoms with Crippen LogP contribution in [-0.4, -0.2) is 23.6 Å². The van der Waals surface area contributed by atoms with Gasteiger partial charge in [-0.25, -0.2) is 0 Å². The summed E-state index contributed by atoms with van der Waals surface area (Å²) in [6.07, 6.45) is 10.4. The van der Waals surface area contributed by atoms with Crippen LogP contribution in [0.4, 0.5) is 0 Å². The largest absolute Gasteiger partial charge is 0.462 e. The van der Waals surface area contributed by atoms with E-state index in [9.17, 15) is 14.4 Å². The summed E-state index contributed by atoms with van der Waals surface area (Å²) in [6, 6.07) is 0. The molecule has 4 fully saturated rings. The van der Waals surface area contributed by atoms with Crippen molar-refractivity contribution in [2.75, 3.05) is 0 Å². The molecule has 0 aromatic rings. The van der Waals surface area contributed by atoms with Gasteiger partial charge in [-0.05, 0) is 98.7 Å². The zero-order valence-electron chi connectivity index (χ0n) is 21.0. The first-order valence-electron chi connectivity index (χ1n) is 13.3. The second-order valence-corrected chi connectivity index (χ2v) is 12.3. The molecule has 4 heteroatoms. The Balaban J connectivity index is 1.50. The fourth-order valence-corrected chi connectivity index (χ4v) is 8.88. The van der Waals surface area contributed by atoms with Crippen molar-refractivity contribution < 1.29 is 19.1 Å². The topological polar surface area (TPSA) is 60.4 Å². The van der Waals surface area contributed by atoms with Gasteiger partial charge in [-0.3, -0.25) is 9.59 Å². The van der Waals surface area contributed by atoms with Crippen molar-refractivity contribution in [1.29, 1.82) is 0 Å². The Bertz CT molecular complexity index is 759. The van der Waals surface area contributed by atoms with Gasteiger partial charge >= 0.3 is 5.97 Å². The minimum Gasteiger partial charge on any atom is -0.462 e. The molecule has 0 saturated heterocycles. The maximum absolute atomic E-state index is 13.6. The summed E-state index contributed by atoms with van der Waals surface area (Å²) in [7, 11) is 0. The molecule has 0 bridgehead atoms. The predicted octanol–water partition coefficient (Wildman–Crippen LogP) is 6.15. The molecule has 0 spiro atoms. The van der Waals surface area contributed by atoms with Crippen molar-refractivity contribution in [2.45, 2.75) is 111 Å². The maximum atomic E-state index is 13.6. The monoisotopic (exact) mass is 444 g/mol. The third-order valence-corrected chi connectivity index (χ3v) is 10.7. The smallest absolute Gasteiger partial charge is 0.305 e. The SMILES string of the molecule is CCC(=O)OC1CCC2(C)C(CC(=O)C3C2CCC2(C)C(C(C)CCC(C)=O)CCC32)C1. The van der Waals surface area contributed by atoms with Crippen molar-refractivity contribution in [3.63, 3.8) is 0 Å². The molecule has 0 aromatic carbocycles. The van der Waals surface area contributed by atoms with Crippen LogP contribution >= 0.6 is 0 Å². The summed E-state index contributed by atoms with van der Waals surface area (Å²) < 4.78 is 5.70. The summed E-state index contributed by atoms with van der Waals surface area (Å²) in [5.74, 6) is 3.43. The van der Waals surface area contributed by atoms with E-state index in [1.807, 2.05) is 6.92 Å². The molecule has 9 unspecified atom stereocenters. The van der Waals surface area contributed by atoms with Gasteiger partial charge in [0, 0.05) is 25.2 Å². The molecule has 0 amide bonds. The summed E-state index contributed by atoms with van der Waals surface area (Å²) in [5.41, 5.74) is 0.442. The van der Waals surface area contributed by atoms with Gasteiger partial charge in [0.15, 0.2) is 0 Å². The lowest BCUT2D eigenvalue weighted by Gasteiger charge is -2.60. The van der Waals surface area contributed by atoms with Crippen LogP contribution < -0.4 is 0 Å². The molecular formula is C28H44O4. The molecule has 4 rings (SSSR count). The Kier molecular flexibility index (Phi) is 6.64. The highest BCUT2D eigenvalue weighted by molar-refractivity contribution is 5.83. The normalized spacial score (nSPS) is 44.2. The Labute approximate surface area is 194 Å². The average molecular weight is 445 g/mol. The van der Waals surface area contributed by atoms with Crippen molar-refractivity contribution in [3.05, 3.63) is 0 Å². The highest BCUT2D eigenvalue weighted by Crippen LogP contribution is 2.67. The van der Waals surface area contributed by atoms with Crippen LogP contribution in [0.25, 0.3) is 0 Å². The van der Waals surface area contributed by atoms with E-state index in [2.05, 4.69) is 20.8 Å². The molecule has 0 aliphatic heterocycles. The lowest BCUT2D eigenvalue weighted by molar-refractivity contribution is -0.168. The van der Waals surface area contributed by atoms with Gasteiger partial charge in [0.05, 0.1) is 0 Å². The molecule has 0 N–H and O–H groups in total. The lowest BCUT2D eigenvalue weighted by atomic mass is 9.44. The quantitative estimate of drug-likeness (QED) is 0.461. The second-order valence-electron chi connectivity index (χ2n) is 12.3. The number of hydrogen-bond acceptors (Lipinski definition) is 4. The minimum absolute atomic E-state index is 0.00304. The van der Waals surface area contributed by atoms with Gasteiger partial charge < -0.3 is 9.53 Å². The maximum Gasteiger partial charge on any atom is 0.305 e. The average Bonchev–Trinajstić information content (AvgIpc) is 3.10. The fourth-order valence-electron chi connectivity index (χ4n) is 8.88. The van der Waals surface area contributed by atoms with E-state index in [0.29, 0.717) is 60.4 Å². The van der Waals surface area contributed by atoms with Gasteiger partial charge in [-0.15, -0.1) is 0 Å². The van der Waals surface area contributed by atoms with Gasteiger partial charge in [0.25, 0.3) is 0 Å². The van der Waals surface area contributed by atoms with Gasteiger partial charge in [-0.1, -0.05) is 27.7 Å². The Morgan fingerprint density at radius 3 is 2.44 bits per heavy atom. The van der Waals surface area contributed by atoms with Gasteiger partial charge in [-0.2, -0.15) is 0 Å². The van der Waals surface area contributed by atoms with Crippen molar-refractivity contribution in [1.82, 2.24) is 0 Å². The molecular weight excluding hydrogens is 400 g/mol. The molecule has 32 heavy (non-hydrogen) atoms. The van der Waals surface area contributed by atoms with E-state index < -0.39 is 0 Å². The van der Waals surface area contributed by atoms with Crippen molar-refractivity contribution in [2.24, 2.45) is 46.3 Å². The molecule has 0 heterocycles. The number of fused-ring (bicyclic) bond motifs is 5. The van der Waals surface area contributed by atoms with E-state index in [1.165, 1.54) is 19.3 Å². The first-order chi connectivity index (χ1) is 15.1. The number of ether oxygens (including phenoxy) is 1. The number of carbonyl (C=O) groups is 3. The lowest BCUT2D eigenvalue weighted by Crippen LogP contribution is -2.57. The first-order valence-corrected chi connectivity index (χ1v) is 13.3. The van der Waals surface area contributed by atoms with Crippen molar-refractivity contribution in [3.8, 4) is 0 Å². The highest BCUT2D eigenvalue weighted by atomic mass is 16.5. The summed E-state index contributed by atoms with van der Waals surface area (Å²) in [6.45, 7) is 10.8. The third kappa shape index (κ3) is 3.98. The summed E-state index contributed by atoms with van der Waals surface area (Å²) in [5, 5.41) is 0. The molecule has 0 aromatic heterocycles. The van der Waals surface area contributed by atoms with E-state index >= 15 is 0 Å². The van der Waals surface area contributed by atoms with Crippen LogP contribution in [0.5, 0.6) is 0 Å². The van der Waals surface area contributed by atoms with Crippen LogP contribution in [-0.2, 0) is 19.1 Å². The molecule has 4 aliphatic carbocycles. The summed E-state index contributed by atoms with van der Waals surface area (Å²) in [4.78, 5) is 37.0. The van der Waals surface area contributed by atoms with Gasteiger partial charge in [0.1, 0.15) is 17.7 Å². The molecule has 4 saturated carbocycles. The Morgan fingerprint density at radius 2 is 1.75 bits per heavy atom. The van der Waals surface area contributed by atoms with Crippen molar-refractivity contribution >= 4 is 17.5 Å². The predicted molar refractivity (Wildman–Crippen MR) is 125 cm³/mol. The number of esters is 1. The van der Waals surface area contributed by atoms with Gasteiger partial charge in [0.2, 0.25) is 0 Å². The van der Waals surface area contributed by atoms with Crippen LogP contribution in [0.15, 0.2) is 0 Å². The molecule has 180 valence electrons. The number of Topliss-reactive ketones (excluding diaryl/α,β-unsaturated/α-hetero) is 2. The van der Waals surface area contributed by atoms with E-state index in [1.54, 1.807) is 6.92 Å². The van der Waals surface area contributed by atoms with Crippen LogP contribution in [0.2, 0.25) is 0 Å². The van der Waals surface area contributed by atoms with E-state index in [0.717, 1.165) is 32.1 Å². The highest BCUT2D eigenvalue weighted by Gasteiger charge is 2.63. The number of hydrogen-bond donors (Lipinski definition) is 0. The number of carbonyl (C=O) groups excluding carboxylic acids is 3. The third-order valence-electron chi connectivity index (χ3n) is 10.7. The standard InChI is InChI=1S/C28H44O4/c1-6-25(31)32-20-11-13-27(4)19(15-20)16-24(30)26-22-10-9-21(17(2)7-8-18(3)29)28(22,5)14-12-23(26)27/h17,19-23,26H,6-16H2,1-5H3. The number of rotatable bonds is 6. The van der Waals surface area contributed by atoms with Crippen LogP contribution in [0.3, 0.4) is 0 Å². The fraction of sp³-hybridized carbons (Fsp3) is 0.893. The zero-order valence-corrected chi connectivity index (χ0v) is 21.0. The second kappa shape index (κ2) is 8.87. The summed E-state index contributed by atoms with van der Waals surface area (Å²) >= 11 is 0. The molecule has 9 atom stereocenters. The Morgan fingerprint density at radius 1 is 1.06 bits per heavy atom. The molecule has 4 aliphatic rings. The Hall–Kier alpha value is -1.19. The zero-order chi connectivity index (χ0) is 23.3. The molecule has 0 radical (unpaired) electrons. The van der Waals surface area contributed by atoms with Crippen LogP contribution in [0, 0.1) is 46.3 Å². The molecule has 4 nitrogen and oxygen atoms in total. The van der Waals surface area contributed by atoms with E-state index in [4.69, 9.17) is 4.74 Å². The first kappa shape index (κ1) is 24.0. The van der Waals surface area contributed by atoms with Crippen LogP contribution in [0.1, 0.15) is 105 Å². The number of ketones is 2. The minimum atomic E-state index is -0.108. The van der Waals surface area contributed by atoms with E-state index in [-0.39, 0.29) is 28.8 Å².